The van der Waals surface area contributed by atoms with Crippen molar-refractivity contribution in [2.45, 2.75) is 19.3 Å². The normalized spacial score (nSPS) is 14.4. The number of nitrogen functional groups attached to an aromatic ring is 1. The van der Waals surface area contributed by atoms with E-state index >= 15 is 0 Å². The van der Waals surface area contributed by atoms with E-state index in [9.17, 15) is 9.18 Å². The second-order valence-electron chi connectivity index (χ2n) is 5.28. The van der Waals surface area contributed by atoms with Gasteiger partial charge in [0, 0.05) is 17.9 Å². The summed E-state index contributed by atoms with van der Waals surface area (Å²) in [6.45, 7) is 0.601. The van der Waals surface area contributed by atoms with Crippen LogP contribution in [0.3, 0.4) is 0 Å². The Morgan fingerprint density at radius 1 is 1.14 bits per heavy atom. The van der Waals surface area contributed by atoms with Gasteiger partial charge in [-0.3, -0.25) is 4.79 Å². The minimum atomic E-state index is -0.532. The van der Waals surface area contributed by atoms with Gasteiger partial charge in [0.15, 0.2) is 0 Å². The van der Waals surface area contributed by atoms with Crippen molar-refractivity contribution in [3.8, 4) is 0 Å². The first kappa shape index (κ1) is 13.6. The van der Waals surface area contributed by atoms with Crippen molar-refractivity contribution in [2.75, 3.05) is 17.2 Å². The topological polar surface area (TPSA) is 46.3 Å². The van der Waals surface area contributed by atoms with E-state index in [0.717, 1.165) is 30.5 Å². The smallest absolute Gasteiger partial charge is 0.261 e. The van der Waals surface area contributed by atoms with E-state index in [-0.39, 0.29) is 11.5 Å². The predicted octanol–water partition coefficient (Wildman–Crippen LogP) is 3.39. The Balaban J connectivity index is 2.03. The van der Waals surface area contributed by atoms with Crippen LogP contribution in [-0.2, 0) is 6.42 Å². The molecule has 3 nitrogen and oxygen atoms in total. The number of hydrogen-bond donors (Lipinski definition) is 1. The zero-order chi connectivity index (χ0) is 14.8. The number of benzene rings is 2. The fourth-order valence-corrected chi connectivity index (χ4v) is 2.75. The monoisotopic (exact) mass is 284 g/mol. The fourth-order valence-electron chi connectivity index (χ4n) is 2.75. The quantitative estimate of drug-likeness (QED) is 0.816. The lowest BCUT2D eigenvalue weighted by atomic mass is 10.1. The first-order chi connectivity index (χ1) is 10.2. The van der Waals surface area contributed by atoms with Crippen LogP contribution in [0.15, 0.2) is 42.5 Å². The van der Waals surface area contributed by atoms with Crippen LogP contribution >= 0.6 is 0 Å². The molecule has 0 spiro atoms. The Labute approximate surface area is 123 Å². The number of anilines is 2. The summed E-state index contributed by atoms with van der Waals surface area (Å²) in [7, 11) is 0. The molecule has 3 rings (SSSR count). The lowest BCUT2D eigenvalue weighted by molar-refractivity contribution is 0.0983. The number of fused-ring (bicyclic) bond motifs is 1. The van der Waals surface area contributed by atoms with Gasteiger partial charge < -0.3 is 10.6 Å². The van der Waals surface area contributed by atoms with Crippen molar-refractivity contribution in [2.24, 2.45) is 0 Å². The van der Waals surface area contributed by atoms with E-state index < -0.39 is 5.82 Å². The highest BCUT2D eigenvalue weighted by molar-refractivity contribution is 6.07. The fraction of sp³-hybridized carbons (Fsp3) is 0.235. The van der Waals surface area contributed by atoms with Gasteiger partial charge in [0.2, 0.25) is 0 Å². The number of halogens is 1. The molecule has 21 heavy (non-hydrogen) atoms. The molecule has 4 heteroatoms. The summed E-state index contributed by atoms with van der Waals surface area (Å²) in [6, 6.07) is 11.9. The zero-order valence-electron chi connectivity index (χ0n) is 11.7. The maximum Gasteiger partial charge on any atom is 0.261 e. The van der Waals surface area contributed by atoms with Crippen molar-refractivity contribution < 1.29 is 9.18 Å². The maximum atomic E-state index is 13.9. The molecule has 1 amide bonds. The molecule has 0 fully saturated rings. The Morgan fingerprint density at radius 3 is 2.81 bits per heavy atom. The van der Waals surface area contributed by atoms with Gasteiger partial charge in [-0.1, -0.05) is 18.2 Å². The van der Waals surface area contributed by atoms with Crippen LogP contribution in [0.2, 0.25) is 0 Å². The van der Waals surface area contributed by atoms with E-state index in [1.54, 1.807) is 4.90 Å². The van der Waals surface area contributed by atoms with Crippen LogP contribution in [0.25, 0.3) is 0 Å². The van der Waals surface area contributed by atoms with Gasteiger partial charge in [-0.25, -0.2) is 4.39 Å². The van der Waals surface area contributed by atoms with E-state index in [2.05, 4.69) is 0 Å². The highest BCUT2D eigenvalue weighted by Crippen LogP contribution is 2.28. The maximum absolute atomic E-state index is 13.9. The van der Waals surface area contributed by atoms with Crippen molar-refractivity contribution in [3.63, 3.8) is 0 Å². The average Bonchev–Trinajstić information content (AvgIpc) is 2.71. The molecule has 0 saturated carbocycles. The van der Waals surface area contributed by atoms with E-state index in [1.807, 2.05) is 24.3 Å². The Hall–Kier alpha value is -2.36. The number of hydrogen-bond acceptors (Lipinski definition) is 2. The van der Waals surface area contributed by atoms with Crippen molar-refractivity contribution in [1.29, 1.82) is 0 Å². The molecule has 2 aromatic carbocycles. The zero-order valence-corrected chi connectivity index (χ0v) is 11.7. The number of amides is 1. The van der Waals surface area contributed by atoms with E-state index in [4.69, 9.17) is 5.73 Å². The highest BCUT2D eigenvalue weighted by atomic mass is 19.1. The average molecular weight is 284 g/mol. The molecule has 0 unspecified atom stereocenters. The second kappa shape index (κ2) is 5.56. The van der Waals surface area contributed by atoms with Gasteiger partial charge in [-0.05, 0) is 49.1 Å². The Kier molecular flexibility index (Phi) is 3.60. The molecule has 1 heterocycles. The minimum absolute atomic E-state index is 0.0340. The minimum Gasteiger partial charge on any atom is -0.399 e. The van der Waals surface area contributed by atoms with Crippen LogP contribution in [0.5, 0.6) is 0 Å². The van der Waals surface area contributed by atoms with Gasteiger partial charge >= 0.3 is 0 Å². The van der Waals surface area contributed by atoms with Gasteiger partial charge in [-0.15, -0.1) is 0 Å². The van der Waals surface area contributed by atoms with Crippen LogP contribution in [0.4, 0.5) is 15.8 Å². The predicted molar refractivity (Wildman–Crippen MR) is 81.9 cm³/mol. The molecular formula is C17H17FN2O. The van der Waals surface area contributed by atoms with Gasteiger partial charge in [0.25, 0.3) is 5.91 Å². The summed E-state index contributed by atoms with van der Waals surface area (Å²) in [5.41, 5.74) is 8.12. The summed E-state index contributed by atoms with van der Waals surface area (Å²) in [6.07, 6.45) is 2.88. The third-order valence-electron chi connectivity index (χ3n) is 3.83. The molecule has 1 aliphatic rings. The van der Waals surface area contributed by atoms with E-state index in [1.165, 1.54) is 18.2 Å². The number of nitrogens with zero attached hydrogens (tertiary/aromatic N) is 1. The number of para-hydroxylation sites is 1. The molecule has 0 aromatic heterocycles. The molecule has 108 valence electrons. The molecule has 0 radical (unpaired) electrons. The van der Waals surface area contributed by atoms with Crippen molar-refractivity contribution in [1.82, 2.24) is 0 Å². The summed E-state index contributed by atoms with van der Waals surface area (Å²) < 4.78 is 13.9. The van der Waals surface area contributed by atoms with Gasteiger partial charge in [-0.2, -0.15) is 0 Å². The SMILES string of the molecule is Nc1ccc(F)c(C(=O)N2CCCCc3ccccc32)c1. The standard InChI is InChI=1S/C17H17FN2O/c18-15-9-8-13(19)11-14(15)17(21)20-10-4-3-6-12-5-1-2-7-16(12)20/h1-2,5,7-9,11H,3-4,6,10,19H2. The first-order valence-electron chi connectivity index (χ1n) is 7.11. The third-order valence-corrected chi connectivity index (χ3v) is 3.83. The van der Waals surface area contributed by atoms with Crippen molar-refractivity contribution >= 4 is 17.3 Å². The van der Waals surface area contributed by atoms with Crippen molar-refractivity contribution in [3.05, 3.63) is 59.4 Å². The number of carbonyl (C=O) groups excluding carboxylic acids is 1. The van der Waals surface area contributed by atoms with Gasteiger partial charge in [0.05, 0.1) is 5.56 Å². The number of nitrogens with two attached hydrogens (primary N) is 1. The Bertz CT molecular complexity index is 684. The van der Waals surface area contributed by atoms with Crippen LogP contribution in [0, 0.1) is 5.82 Å². The van der Waals surface area contributed by atoms with Crippen LogP contribution < -0.4 is 10.6 Å². The molecule has 0 saturated heterocycles. The third kappa shape index (κ3) is 2.61. The summed E-state index contributed by atoms with van der Waals surface area (Å²) in [5, 5.41) is 0. The second-order valence-corrected chi connectivity index (χ2v) is 5.28. The summed E-state index contributed by atoms with van der Waals surface area (Å²) >= 11 is 0. The molecule has 0 aliphatic carbocycles. The largest absolute Gasteiger partial charge is 0.399 e. The molecule has 2 aromatic rings. The summed E-state index contributed by atoms with van der Waals surface area (Å²) in [4.78, 5) is 14.4. The number of rotatable bonds is 1. The number of aryl methyl sites for hydroxylation is 1. The van der Waals surface area contributed by atoms with E-state index in [0.29, 0.717) is 12.2 Å². The number of carbonyl (C=O) groups is 1. The van der Waals surface area contributed by atoms with Crippen LogP contribution in [0.1, 0.15) is 28.8 Å². The molecule has 0 bridgehead atoms. The molecule has 1 aliphatic heterocycles. The lowest BCUT2D eigenvalue weighted by Gasteiger charge is -2.23. The Morgan fingerprint density at radius 2 is 1.95 bits per heavy atom. The molecule has 2 N–H and O–H groups in total. The van der Waals surface area contributed by atoms with Gasteiger partial charge in [0.1, 0.15) is 5.82 Å². The summed E-state index contributed by atoms with van der Waals surface area (Å²) in [5.74, 6) is -0.856. The molecular weight excluding hydrogens is 267 g/mol. The molecule has 0 atom stereocenters. The highest BCUT2D eigenvalue weighted by Gasteiger charge is 2.24. The van der Waals surface area contributed by atoms with Crippen LogP contribution in [-0.4, -0.2) is 12.5 Å². The first-order valence-corrected chi connectivity index (χ1v) is 7.11. The lowest BCUT2D eigenvalue weighted by Crippen LogP contribution is -2.32.